The number of pyridine rings is 1. The zero-order valence-electron chi connectivity index (χ0n) is 14.4. The normalized spacial score (nSPS) is 11.0. The second kappa shape index (κ2) is 7.36. The van der Waals surface area contributed by atoms with Crippen molar-refractivity contribution in [2.24, 2.45) is 0 Å². The number of aryl methyl sites for hydroxylation is 1. The van der Waals surface area contributed by atoms with Crippen LogP contribution in [0, 0.1) is 6.92 Å². The molecule has 5 nitrogen and oxygen atoms in total. The van der Waals surface area contributed by atoms with Crippen LogP contribution in [0.2, 0.25) is 0 Å². The summed E-state index contributed by atoms with van der Waals surface area (Å²) >= 11 is 0. The van der Waals surface area contributed by atoms with E-state index in [1.807, 2.05) is 19.4 Å². The van der Waals surface area contributed by atoms with Gasteiger partial charge in [-0.05, 0) is 37.1 Å². The second-order valence-electron chi connectivity index (χ2n) is 5.91. The van der Waals surface area contributed by atoms with Gasteiger partial charge >= 0.3 is 0 Å². The van der Waals surface area contributed by atoms with Crippen LogP contribution in [0.3, 0.4) is 0 Å². The van der Waals surface area contributed by atoms with E-state index >= 15 is 0 Å². The van der Waals surface area contributed by atoms with Gasteiger partial charge in [-0.1, -0.05) is 25.1 Å². The summed E-state index contributed by atoms with van der Waals surface area (Å²) in [6.45, 7) is 6.01. The van der Waals surface area contributed by atoms with Crippen molar-refractivity contribution in [2.75, 3.05) is 18.9 Å². The van der Waals surface area contributed by atoms with Crippen molar-refractivity contribution in [1.82, 2.24) is 20.3 Å². The van der Waals surface area contributed by atoms with E-state index < -0.39 is 0 Å². The lowest BCUT2D eigenvalue weighted by molar-refractivity contribution is 0.817. The predicted octanol–water partition coefficient (Wildman–Crippen LogP) is 3.54. The molecule has 0 aliphatic rings. The number of hydrogen-bond donors (Lipinski definition) is 2. The zero-order valence-corrected chi connectivity index (χ0v) is 14.4. The number of anilines is 1. The van der Waals surface area contributed by atoms with Crippen LogP contribution in [0.1, 0.15) is 24.5 Å². The maximum absolute atomic E-state index is 4.62. The molecular weight excluding hydrogens is 298 g/mol. The summed E-state index contributed by atoms with van der Waals surface area (Å²) < 4.78 is 0. The monoisotopic (exact) mass is 321 g/mol. The first-order valence-electron chi connectivity index (χ1n) is 8.31. The molecule has 5 heteroatoms. The molecule has 0 spiro atoms. The van der Waals surface area contributed by atoms with Gasteiger partial charge in [0.15, 0.2) is 0 Å². The SMILES string of the molecule is CCCNc1ncc(-c2ccc(CNC)cc2C)c2ncncc12. The van der Waals surface area contributed by atoms with E-state index in [1.165, 1.54) is 11.1 Å². The minimum atomic E-state index is 0.848. The van der Waals surface area contributed by atoms with E-state index in [4.69, 9.17) is 0 Å². The van der Waals surface area contributed by atoms with Gasteiger partial charge < -0.3 is 10.6 Å². The molecule has 24 heavy (non-hydrogen) atoms. The first kappa shape index (κ1) is 16.3. The predicted molar refractivity (Wildman–Crippen MR) is 99.1 cm³/mol. The third-order valence-corrected chi connectivity index (χ3v) is 4.05. The lowest BCUT2D eigenvalue weighted by Crippen LogP contribution is -2.05. The Kier molecular flexibility index (Phi) is 5.01. The third kappa shape index (κ3) is 3.21. The Labute approximate surface area is 142 Å². The van der Waals surface area contributed by atoms with E-state index in [1.54, 1.807) is 6.33 Å². The van der Waals surface area contributed by atoms with E-state index in [0.29, 0.717) is 0 Å². The molecule has 0 aliphatic heterocycles. The van der Waals surface area contributed by atoms with Gasteiger partial charge in [-0.3, -0.25) is 0 Å². The highest BCUT2D eigenvalue weighted by molar-refractivity contribution is 5.99. The highest BCUT2D eigenvalue weighted by Crippen LogP contribution is 2.31. The Morgan fingerprint density at radius 1 is 1.08 bits per heavy atom. The number of nitrogens with zero attached hydrogens (tertiary/aromatic N) is 3. The van der Waals surface area contributed by atoms with Gasteiger partial charge in [-0.2, -0.15) is 0 Å². The van der Waals surface area contributed by atoms with Crippen molar-refractivity contribution >= 4 is 16.7 Å². The Balaban J connectivity index is 2.10. The number of aromatic nitrogens is 3. The summed E-state index contributed by atoms with van der Waals surface area (Å²) in [5.41, 5.74) is 5.63. The number of rotatable bonds is 6. The smallest absolute Gasteiger partial charge is 0.137 e. The molecule has 0 atom stereocenters. The average Bonchev–Trinajstić information content (AvgIpc) is 2.60. The molecular formula is C19H23N5. The van der Waals surface area contributed by atoms with Crippen LogP contribution in [0.15, 0.2) is 36.9 Å². The molecule has 0 radical (unpaired) electrons. The van der Waals surface area contributed by atoms with Gasteiger partial charge in [0, 0.05) is 31.0 Å². The molecule has 3 rings (SSSR count). The molecule has 0 unspecified atom stereocenters. The van der Waals surface area contributed by atoms with Crippen molar-refractivity contribution in [3.8, 4) is 11.1 Å². The van der Waals surface area contributed by atoms with E-state index in [9.17, 15) is 0 Å². The summed E-state index contributed by atoms with van der Waals surface area (Å²) in [4.78, 5) is 13.3. The molecule has 3 aromatic rings. The van der Waals surface area contributed by atoms with E-state index in [-0.39, 0.29) is 0 Å². The van der Waals surface area contributed by atoms with Gasteiger partial charge in [0.05, 0.1) is 10.9 Å². The van der Waals surface area contributed by atoms with Crippen LogP contribution >= 0.6 is 0 Å². The fraction of sp³-hybridized carbons (Fsp3) is 0.316. The minimum Gasteiger partial charge on any atom is -0.369 e. The molecule has 0 bridgehead atoms. The summed E-state index contributed by atoms with van der Waals surface area (Å²) in [5.74, 6) is 0.848. The molecule has 0 amide bonds. The third-order valence-electron chi connectivity index (χ3n) is 4.05. The standard InChI is InChI=1S/C19H23N5/c1-4-7-22-19-17-10-21-12-24-18(17)16(11-23-19)15-6-5-14(9-20-3)8-13(15)2/h5-6,8,10-12,20H,4,7,9H2,1-3H3,(H,22,23). The molecule has 0 fully saturated rings. The van der Waals surface area contributed by atoms with Crippen LogP contribution in [0.5, 0.6) is 0 Å². The molecule has 0 aliphatic carbocycles. The van der Waals surface area contributed by atoms with Crippen molar-refractivity contribution < 1.29 is 0 Å². The van der Waals surface area contributed by atoms with Gasteiger partial charge in [0.2, 0.25) is 0 Å². The molecule has 124 valence electrons. The van der Waals surface area contributed by atoms with Crippen LogP contribution in [-0.2, 0) is 6.54 Å². The zero-order chi connectivity index (χ0) is 16.9. The van der Waals surface area contributed by atoms with Gasteiger partial charge in [-0.25, -0.2) is 15.0 Å². The van der Waals surface area contributed by atoms with Crippen molar-refractivity contribution in [3.05, 3.63) is 48.0 Å². The molecule has 0 saturated carbocycles. The lowest BCUT2D eigenvalue weighted by atomic mass is 9.98. The summed E-state index contributed by atoms with van der Waals surface area (Å²) in [5, 5.41) is 7.50. The van der Waals surface area contributed by atoms with Gasteiger partial charge in [-0.15, -0.1) is 0 Å². The van der Waals surface area contributed by atoms with Crippen LogP contribution in [-0.4, -0.2) is 28.5 Å². The maximum atomic E-state index is 4.62. The van der Waals surface area contributed by atoms with Crippen LogP contribution in [0.4, 0.5) is 5.82 Å². The summed E-state index contributed by atoms with van der Waals surface area (Å²) in [7, 11) is 1.96. The van der Waals surface area contributed by atoms with Crippen LogP contribution in [0.25, 0.3) is 22.0 Å². The van der Waals surface area contributed by atoms with E-state index in [0.717, 1.165) is 47.4 Å². The van der Waals surface area contributed by atoms with Gasteiger partial charge in [0.25, 0.3) is 0 Å². The minimum absolute atomic E-state index is 0.848. The summed E-state index contributed by atoms with van der Waals surface area (Å²) in [6, 6.07) is 6.51. The lowest BCUT2D eigenvalue weighted by Gasteiger charge is -2.13. The van der Waals surface area contributed by atoms with E-state index in [2.05, 4.69) is 57.6 Å². The topological polar surface area (TPSA) is 62.7 Å². The quantitative estimate of drug-likeness (QED) is 0.727. The maximum Gasteiger partial charge on any atom is 0.137 e. The second-order valence-corrected chi connectivity index (χ2v) is 5.91. The Morgan fingerprint density at radius 3 is 2.71 bits per heavy atom. The number of hydrogen-bond acceptors (Lipinski definition) is 5. The Morgan fingerprint density at radius 2 is 1.96 bits per heavy atom. The molecule has 0 saturated heterocycles. The molecule has 1 aromatic carbocycles. The molecule has 2 aromatic heterocycles. The van der Waals surface area contributed by atoms with Gasteiger partial charge in [0.1, 0.15) is 12.1 Å². The number of fused-ring (bicyclic) bond motifs is 1. The number of benzene rings is 1. The highest BCUT2D eigenvalue weighted by atomic mass is 15.0. The average molecular weight is 321 g/mol. The van der Waals surface area contributed by atoms with Crippen molar-refractivity contribution in [2.45, 2.75) is 26.8 Å². The molecule has 2 N–H and O–H groups in total. The first-order valence-corrected chi connectivity index (χ1v) is 8.31. The van der Waals surface area contributed by atoms with Crippen LogP contribution < -0.4 is 10.6 Å². The fourth-order valence-electron chi connectivity index (χ4n) is 2.90. The fourth-order valence-corrected chi connectivity index (χ4v) is 2.90. The first-order chi connectivity index (χ1) is 11.7. The Hall–Kier alpha value is -2.53. The van der Waals surface area contributed by atoms with Crippen molar-refractivity contribution in [3.63, 3.8) is 0 Å². The molecule has 2 heterocycles. The largest absolute Gasteiger partial charge is 0.369 e. The van der Waals surface area contributed by atoms with Crippen molar-refractivity contribution in [1.29, 1.82) is 0 Å². The number of nitrogens with one attached hydrogen (secondary N) is 2. The highest BCUT2D eigenvalue weighted by Gasteiger charge is 2.12. The summed E-state index contributed by atoms with van der Waals surface area (Å²) in [6.07, 6.45) is 6.39. The Bertz CT molecular complexity index is 844.